The maximum Gasteiger partial charge on any atom is 0.416 e. The highest BCUT2D eigenvalue weighted by atomic mass is 32.2. The lowest BCUT2D eigenvalue weighted by atomic mass is 9.64. The van der Waals surface area contributed by atoms with Crippen molar-refractivity contribution in [3.8, 4) is 5.75 Å². The first-order valence-corrected chi connectivity index (χ1v) is 17.0. The van der Waals surface area contributed by atoms with Crippen molar-refractivity contribution in [2.75, 3.05) is 19.7 Å². The number of fused-ring (bicyclic) bond motifs is 5. The van der Waals surface area contributed by atoms with Gasteiger partial charge < -0.3 is 9.64 Å². The number of rotatable bonds is 4. The number of amides is 1. The molecule has 1 amide bonds. The van der Waals surface area contributed by atoms with Crippen LogP contribution >= 0.6 is 0 Å². The zero-order chi connectivity index (χ0) is 30.9. The second-order valence-corrected chi connectivity index (χ2v) is 15.9. The number of nitrogens with one attached hydrogen (secondary N) is 1. The molecule has 15 heteroatoms. The van der Waals surface area contributed by atoms with Gasteiger partial charge in [0.25, 0.3) is 0 Å². The number of hydrogen-bond acceptors (Lipinski definition) is 6. The van der Waals surface area contributed by atoms with Gasteiger partial charge in [0.05, 0.1) is 27.9 Å². The van der Waals surface area contributed by atoms with E-state index in [4.69, 9.17) is 4.74 Å². The van der Waals surface area contributed by atoms with Crippen LogP contribution in [0.3, 0.4) is 0 Å². The SMILES string of the molecule is O=C(C[C@@H]1C[C@H]2[C@H](CC[C@@]3(S(=O)(=O)c4ccc(C(F)(F)F)cc4)c4c(F)ccc(F)c4OC[C@@H]23)NS1(=O)=O)N1CCCC1. The molecule has 1 N–H and O–H groups in total. The molecule has 6 rings (SSSR count). The summed E-state index contributed by atoms with van der Waals surface area (Å²) in [7, 11) is -8.72. The molecule has 3 aliphatic heterocycles. The number of halogens is 5. The van der Waals surface area contributed by atoms with Crippen molar-refractivity contribution in [2.24, 2.45) is 11.8 Å². The molecule has 0 spiro atoms. The van der Waals surface area contributed by atoms with E-state index < -0.39 is 93.9 Å². The van der Waals surface area contributed by atoms with Gasteiger partial charge in [-0.15, -0.1) is 0 Å². The standard InChI is InChI=1S/C28H29F5N2O6S2/c29-21-7-8-22(30)26-25(21)27(42(37,38)17-5-3-16(4-6-17)28(31,32)33)10-9-23-19(20(27)15-41-26)13-18(43(39,40)34-23)14-24(36)35-11-1-2-12-35/h3-8,18-20,23,34H,1-2,9-15H2/t18-,19+,20-,23-,27-/m0/s1. The molecular formula is C28H29F5N2O6S2. The first-order chi connectivity index (χ1) is 20.2. The Labute approximate surface area is 245 Å². The number of nitrogens with zero attached hydrogens (tertiary/aromatic N) is 1. The third kappa shape index (κ3) is 4.82. The number of benzene rings is 2. The fourth-order valence-corrected chi connectivity index (χ4v) is 11.5. The van der Waals surface area contributed by atoms with Crippen molar-refractivity contribution in [3.05, 3.63) is 59.2 Å². The molecule has 0 radical (unpaired) electrons. The summed E-state index contributed by atoms with van der Waals surface area (Å²) >= 11 is 0. The zero-order valence-corrected chi connectivity index (χ0v) is 24.4. The topological polar surface area (TPSA) is 110 Å². The number of ether oxygens (including phenoxy) is 1. The van der Waals surface area contributed by atoms with Gasteiger partial charge in [0, 0.05) is 31.5 Å². The molecule has 4 aliphatic rings. The van der Waals surface area contributed by atoms with Gasteiger partial charge in [-0.1, -0.05) is 0 Å². The van der Waals surface area contributed by atoms with E-state index in [0.717, 1.165) is 37.1 Å². The molecule has 3 heterocycles. The van der Waals surface area contributed by atoms with E-state index in [9.17, 15) is 39.2 Å². The minimum atomic E-state index is -4.74. The van der Waals surface area contributed by atoms with E-state index in [1.165, 1.54) is 0 Å². The van der Waals surface area contributed by atoms with E-state index in [1.807, 2.05) is 0 Å². The lowest BCUT2D eigenvalue weighted by Crippen LogP contribution is -2.64. The molecule has 2 saturated heterocycles. The molecule has 2 aromatic carbocycles. The Morgan fingerprint density at radius 3 is 2.35 bits per heavy atom. The van der Waals surface area contributed by atoms with Crippen molar-refractivity contribution in [3.63, 3.8) is 0 Å². The largest absolute Gasteiger partial charge is 0.490 e. The minimum Gasteiger partial charge on any atom is -0.490 e. The van der Waals surface area contributed by atoms with E-state index in [2.05, 4.69) is 4.72 Å². The van der Waals surface area contributed by atoms with Gasteiger partial charge >= 0.3 is 6.18 Å². The number of alkyl halides is 3. The van der Waals surface area contributed by atoms with Crippen LogP contribution in [0, 0.1) is 23.5 Å². The lowest BCUT2D eigenvalue weighted by molar-refractivity contribution is -0.137. The van der Waals surface area contributed by atoms with Crippen molar-refractivity contribution >= 4 is 25.8 Å². The fraction of sp³-hybridized carbons (Fsp3) is 0.536. The third-order valence-electron chi connectivity index (χ3n) is 9.47. The first kappa shape index (κ1) is 30.3. The van der Waals surface area contributed by atoms with Crippen molar-refractivity contribution in [2.45, 2.75) is 65.6 Å². The average Bonchev–Trinajstić information content (AvgIpc) is 3.49. The molecule has 8 nitrogen and oxygen atoms in total. The van der Waals surface area contributed by atoms with Gasteiger partial charge in [0.1, 0.15) is 10.6 Å². The number of sulfonamides is 1. The maximum absolute atomic E-state index is 15.7. The van der Waals surface area contributed by atoms with E-state index in [0.29, 0.717) is 25.2 Å². The summed E-state index contributed by atoms with van der Waals surface area (Å²) in [5.41, 5.74) is -1.64. The fourth-order valence-electron chi connectivity index (χ4n) is 7.40. The summed E-state index contributed by atoms with van der Waals surface area (Å²) < 4.78 is 132. The molecular weight excluding hydrogens is 619 g/mol. The van der Waals surface area contributed by atoms with Crippen LogP contribution in [-0.2, 0) is 35.6 Å². The highest BCUT2D eigenvalue weighted by Crippen LogP contribution is 2.59. The number of hydrogen-bond donors (Lipinski definition) is 1. The van der Waals surface area contributed by atoms with Crippen LogP contribution in [0.1, 0.15) is 49.7 Å². The van der Waals surface area contributed by atoms with Gasteiger partial charge in [0.2, 0.25) is 15.9 Å². The molecule has 1 saturated carbocycles. The molecule has 0 bridgehead atoms. The van der Waals surface area contributed by atoms with Crippen molar-refractivity contribution < 1.29 is 48.3 Å². The zero-order valence-electron chi connectivity index (χ0n) is 22.7. The van der Waals surface area contributed by atoms with E-state index in [-0.39, 0.29) is 31.6 Å². The predicted octanol–water partition coefficient (Wildman–Crippen LogP) is 4.14. The van der Waals surface area contributed by atoms with Crippen molar-refractivity contribution in [1.29, 1.82) is 0 Å². The number of sulfone groups is 1. The Balaban J connectivity index is 1.46. The molecule has 5 atom stereocenters. The quantitative estimate of drug-likeness (QED) is 0.500. The lowest BCUT2D eigenvalue weighted by Gasteiger charge is -2.54. The van der Waals surface area contributed by atoms with Crippen LogP contribution in [0.15, 0.2) is 41.3 Å². The second-order valence-electron chi connectivity index (χ2n) is 11.7. The highest BCUT2D eigenvalue weighted by molar-refractivity contribution is 7.92. The Morgan fingerprint density at radius 1 is 1.05 bits per heavy atom. The van der Waals surface area contributed by atoms with Crippen LogP contribution in [0.2, 0.25) is 0 Å². The van der Waals surface area contributed by atoms with Crippen LogP contribution in [0.4, 0.5) is 22.0 Å². The van der Waals surface area contributed by atoms with Crippen LogP contribution in [-0.4, -0.2) is 58.6 Å². The molecule has 2 aromatic rings. The number of likely N-dealkylation sites (tertiary alicyclic amines) is 1. The second kappa shape index (κ2) is 10.4. The van der Waals surface area contributed by atoms with E-state index in [1.54, 1.807) is 4.90 Å². The molecule has 234 valence electrons. The summed E-state index contributed by atoms with van der Waals surface area (Å²) in [6.45, 7) is 0.609. The monoisotopic (exact) mass is 648 g/mol. The molecule has 1 aliphatic carbocycles. The maximum atomic E-state index is 15.7. The van der Waals surface area contributed by atoms with Gasteiger partial charge in [-0.3, -0.25) is 4.79 Å². The predicted molar refractivity (Wildman–Crippen MR) is 143 cm³/mol. The summed E-state index contributed by atoms with van der Waals surface area (Å²) in [5.74, 6) is -4.89. The smallest absolute Gasteiger partial charge is 0.416 e. The highest BCUT2D eigenvalue weighted by Gasteiger charge is 2.64. The Hall–Kier alpha value is -2.78. The van der Waals surface area contributed by atoms with Crippen LogP contribution < -0.4 is 9.46 Å². The Bertz CT molecular complexity index is 1660. The number of carbonyl (C=O) groups is 1. The molecule has 0 unspecified atom stereocenters. The van der Waals surface area contributed by atoms with Crippen molar-refractivity contribution in [1.82, 2.24) is 9.62 Å². The Kier molecular flexibility index (Phi) is 7.32. The van der Waals surface area contributed by atoms with Gasteiger partial charge in [-0.2, -0.15) is 13.2 Å². The summed E-state index contributed by atoms with van der Waals surface area (Å²) in [4.78, 5) is 14.0. The third-order valence-corrected chi connectivity index (χ3v) is 13.9. The first-order valence-electron chi connectivity index (χ1n) is 14.0. The Morgan fingerprint density at radius 2 is 1.70 bits per heavy atom. The van der Waals surface area contributed by atoms with E-state index >= 15 is 4.39 Å². The summed E-state index contributed by atoms with van der Waals surface area (Å²) in [6, 6.07) is 3.62. The summed E-state index contributed by atoms with van der Waals surface area (Å²) in [5, 5.41) is -1.20. The van der Waals surface area contributed by atoms with Gasteiger partial charge in [-0.05, 0) is 74.4 Å². The normalized spacial score (nSPS) is 30.1. The number of carbonyl (C=O) groups excluding carboxylic acids is 1. The molecule has 3 fully saturated rings. The van der Waals surface area contributed by atoms with Crippen LogP contribution in [0.5, 0.6) is 5.75 Å². The molecule has 43 heavy (non-hydrogen) atoms. The summed E-state index contributed by atoms with van der Waals surface area (Å²) in [6.07, 6.45) is -4.02. The van der Waals surface area contributed by atoms with Gasteiger partial charge in [-0.25, -0.2) is 30.3 Å². The van der Waals surface area contributed by atoms with Gasteiger partial charge in [0.15, 0.2) is 21.4 Å². The average molecular weight is 649 g/mol. The minimum absolute atomic E-state index is 0.0809. The van der Waals surface area contributed by atoms with Crippen LogP contribution in [0.25, 0.3) is 0 Å². The molecule has 0 aromatic heterocycles.